The SMILES string of the molecule is COC(C)C(=O)NC(C)CCc1ccc(O)cc1. The van der Waals surface area contributed by atoms with Crippen LogP contribution in [0, 0.1) is 0 Å². The molecule has 2 atom stereocenters. The zero-order chi connectivity index (χ0) is 13.5. The summed E-state index contributed by atoms with van der Waals surface area (Å²) in [5.41, 5.74) is 1.15. The van der Waals surface area contributed by atoms with E-state index in [-0.39, 0.29) is 17.7 Å². The molecule has 18 heavy (non-hydrogen) atoms. The Morgan fingerprint density at radius 2 is 1.94 bits per heavy atom. The predicted octanol–water partition coefficient (Wildman–Crippen LogP) is 1.86. The van der Waals surface area contributed by atoms with E-state index in [4.69, 9.17) is 4.74 Å². The normalized spacial score (nSPS) is 13.9. The molecule has 0 heterocycles. The Kier molecular flexibility index (Phi) is 5.65. The van der Waals surface area contributed by atoms with Gasteiger partial charge in [0.1, 0.15) is 11.9 Å². The summed E-state index contributed by atoms with van der Waals surface area (Å²) in [7, 11) is 1.52. The van der Waals surface area contributed by atoms with Gasteiger partial charge in [0.05, 0.1) is 0 Å². The largest absolute Gasteiger partial charge is 0.508 e. The van der Waals surface area contributed by atoms with Crippen molar-refractivity contribution < 1.29 is 14.6 Å². The van der Waals surface area contributed by atoms with Gasteiger partial charge >= 0.3 is 0 Å². The molecule has 0 aliphatic heterocycles. The van der Waals surface area contributed by atoms with E-state index in [2.05, 4.69) is 5.32 Å². The van der Waals surface area contributed by atoms with Crippen LogP contribution in [-0.4, -0.2) is 30.3 Å². The van der Waals surface area contributed by atoms with Crippen molar-refractivity contribution in [1.82, 2.24) is 5.32 Å². The molecule has 1 amide bonds. The van der Waals surface area contributed by atoms with Gasteiger partial charge in [-0.1, -0.05) is 12.1 Å². The fraction of sp³-hybridized carbons (Fsp3) is 0.500. The first-order valence-corrected chi connectivity index (χ1v) is 6.14. The number of hydrogen-bond donors (Lipinski definition) is 2. The average Bonchev–Trinajstić information content (AvgIpc) is 2.37. The molecule has 4 nitrogen and oxygen atoms in total. The minimum Gasteiger partial charge on any atom is -0.508 e. The molecule has 0 radical (unpaired) electrons. The molecule has 0 fully saturated rings. The molecule has 0 aliphatic rings. The number of aryl methyl sites for hydroxylation is 1. The summed E-state index contributed by atoms with van der Waals surface area (Å²) in [4.78, 5) is 11.6. The second kappa shape index (κ2) is 7.01. The molecule has 1 rings (SSSR count). The minimum atomic E-state index is -0.416. The van der Waals surface area contributed by atoms with Crippen molar-refractivity contribution in [2.75, 3.05) is 7.11 Å². The number of amides is 1. The lowest BCUT2D eigenvalue weighted by atomic mass is 10.1. The Hall–Kier alpha value is -1.55. The first-order valence-electron chi connectivity index (χ1n) is 6.14. The zero-order valence-electron chi connectivity index (χ0n) is 11.1. The highest BCUT2D eigenvalue weighted by molar-refractivity contribution is 5.80. The molecule has 0 aliphatic carbocycles. The highest BCUT2D eigenvalue weighted by Gasteiger charge is 2.13. The van der Waals surface area contributed by atoms with Gasteiger partial charge in [-0.15, -0.1) is 0 Å². The number of nitrogens with one attached hydrogen (secondary N) is 1. The predicted molar refractivity (Wildman–Crippen MR) is 70.5 cm³/mol. The van der Waals surface area contributed by atoms with E-state index >= 15 is 0 Å². The molecule has 0 saturated heterocycles. The Morgan fingerprint density at radius 3 is 2.50 bits per heavy atom. The third kappa shape index (κ3) is 4.75. The van der Waals surface area contributed by atoms with Crippen LogP contribution in [0.4, 0.5) is 0 Å². The van der Waals surface area contributed by atoms with Gasteiger partial charge in [-0.25, -0.2) is 0 Å². The second-order valence-electron chi connectivity index (χ2n) is 4.49. The molecule has 1 aromatic rings. The van der Waals surface area contributed by atoms with E-state index in [0.717, 1.165) is 18.4 Å². The summed E-state index contributed by atoms with van der Waals surface area (Å²) in [6, 6.07) is 7.23. The number of benzene rings is 1. The fourth-order valence-electron chi connectivity index (χ4n) is 1.59. The molecular weight excluding hydrogens is 230 g/mol. The number of hydrogen-bond acceptors (Lipinski definition) is 3. The van der Waals surface area contributed by atoms with Crippen LogP contribution < -0.4 is 5.32 Å². The average molecular weight is 251 g/mol. The molecule has 2 unspecified atom stereocenters. The molecule has 0 bridgehead atoms. The molecule has 2 N–H and O–H groups in total. The fourth-order valence-corrected chi connectivity index (χ4v) is 1.59. The van der Waals surface area contributed by atoms with Gasteiger partial charge in [0.15, 0.2) is 0 Å². The van der Waals surface area contributed by atoms with Crippen molar-refractivity contribution in [2.45, 2.75) is 38.8 Å². The first kappa shape index (κ1) is 14.5. The molecule has 0 spiro atoms. The Labute approximate surface area is 108 Å². The number of phenols is 1. The Bertz CT molecular complexity index is 375. The van der Waals surface area contributed by atoms with E-state index in [1.807, 2.05) is 19.1 Å². The van der Waals surface area contributed by atoms with Gasteiger partial charge in [-0.2, -0.15) is 0 Å². The quantitative estimate of drug-likeness (QED) is 0.811. The second-order valence-corrected chi connectivity index (χ2v) is 4.49. The molecule has 4 heteroatoms. The lowest BCUT2D eigenvalue weighted by Crippen LogP contribution is -2.39. The number of ether oxygens (including phenoxy) is 1. The van der Waals surface area contributed by atoms with Crippen LogP contribution in [0.2, 0.25) is 0 Å². The molecular formula is C14H21NO3. The standard InChI is InChI=1S/C14H21NO3/c1-10(15-14(17)11(2)18-3)4-5-12-6-8-13(16)9-7-12/h6-11,16H,4-5H2,1-3H3,(H,15,17). The Morgan fingerprint density at radius 1 is 1.33 bits per heavy atom. The van der Waals surface area contributed by atoms with E-state index in [1.54, 1.807) is 19.1 Å². The van der Waals surface area contributed by atoms with E-state index < -0.39 is 6.10 Å². The van der Waals surface area contributed by atoms with Crippen molar-refractivity contribution in [3.8, 4) is 5.75 Å². The number of methoxy groups -OCH3 is 1. The van der Waals surface area contributed by atoms with Crippen LogP contribution in [0.1, 0.15) is 25.8 Å². The first-order chi connectivity index (χ1) is 8.52. The molecule has 0 aromatic heterocycles. The van der Waals surface area contributed by atoms with Gasteiger partial charge in [-0.3, -0.25) is 4.79 Å². The van der Waals surface area contributed by atoms with E-state index in [0.29, 0.717) is 0 Å². The molecule has 0 saturated carbocycles. The van der Waals surface area contributed by atoms with Crippen molar-refractivity contribution in [2.24, 2.45) is 0 Å². The summed E-state index contributed by atoms with van der Waals surface area (Å²) in [5, 5.41) is 12.1. The smallest absolute Gasteiger partial charge is 0.249 e. The van der Waals surface area contributed by atoms with Crippen LogP contribution in [0.15, 0.2) is 24.3 Å². The monoisotopic (exact) mass is 251 g/mol. The van der Waals surface area contributed by atoms with Gasteiger partial charge in [-0.05, 0) is 44.4 Å². The van der Waals surface area contributed by atoms with Crippen molar-refractivity contribution >= 4 is 5.91 Å². The van der Waals surface area contributed by atoms with Gasteiger partial charge < -0.3 is 15.2 Å². The number of rotatable bonds is 6. The third-order valence-electron chi connectivity index (χ3n) is 2.91. The maximum Gasteiger partial charge on any atom is 0.249 e. The van der Waals surface area contributed by atoms with Crippen LogP contribution in [0.25, 0.3) is 0 Å². The summed E-state index contributed by atoms with van der Waals surface area (Å²) in [6.45, 7) is 3.70. The van der Waals surface area contributed by atoms with Crippen LogP contribution in [0.5, 0.6) is 5.75 Å². The maximum atomic E-state index is 11.6. The van der Waals surface area contributed by atoms with Crippen molar-refractivity contribution in [1.29, 1.82) is 0 Å². The van der Waals surface area contributed by atoms with Gasteiger partial charge in [0, 0.05) is 13.2 Å². The van der Waals surface area contributed by atoms with Gasteiger partial charge in [0.25, 0.3) is 0 Å². The molecule has 100 valence electrons. The van der Waals surface area contributed by atoms with Crippen LogP contribution in [-0.2, 0) is 16.0 Å². The number of carbonyl (C=O) groups excluding carboxylic acids is 1. The summed E-state index contributed by atoms with van der Waals surface area (Å²) in [5.74, 6) is 0.185. The highest BCUT2D eigenvalue weighted by atomic mass is 16.5. The van der Waals surface area contributed by atoms with Crippen molar-refractivity contribution in [3.05, 3.63) is 29.8 Å². The van der Waals surface area contributed by atoms with Crippen LogP contribution in [0.3, 0.4) is 0 Å². The van der Waals surface area contributed by atoms with Crippen LogP contribution >= 0.6 is 0 Å². The lowest BCUT2D eigenvalue weighted by molar-refractivity contribution is -0.130. The lowest BCUT2D eigenvalue weighted by Gasteiger charge is -2.16. The third-order valence-corrected chi connectivity index (χ3v) is 2.91. The van der Waals surface area contributed by atoms with E-state index in [1.165, 1.54) is 7.11 Å². The number of aromatic hydroxyl groups is 1. The topological polar surface area (TPSA) is 58.6 Å². The molecule has 1 aromatic carbocycles. The van der Waals surface area contributed by atoms with E-state index in [9.17, 15) is 9.90 Å². The number of carbonyl (C=O) groups is 1. The summed E-state index contributed by atoms with van der Waals surface area (Å²) < 4.78 is 4.95. The minimum absolute atomic E-state index is 0.0873. The zero-order valence-corrected chi connectivity index (χ0v) is 11.1. The highest BCUT2D eigenvalue weighted by Crippen LogP contribution is 2.11. The Balaban J connectivity index is 2.35. The summed E-state index contributed by atoms with van der Waals surface area (Å²) >= 11 is 0. The summed E-state index contributed by atoms with van der Waals surface area (Å²) in [6.07, 6.45) is 1.30. The number of phenolic OH excluding ortho intramolecular Hbond substituents is 1. The van der Waals surface area contributed by atoms with Gasteiger partial charge in [0.2, 0.25) is 5.91 Å². The van der Waals surface area contributed by atoms with Crippen molar-refractivity contribution in [3.63, 3.8) is 0 Å². The maximum absolute atomic E-state index is 11.6.